The fourth-order valence-corrected chi connectivity index (χ4v) is 0. The van der Waals surface area contributed by atoms with Gasteiger partial charge >= 0.3 is 0 Å². The minimum absolute atomic E-state index is 0. The Bertz CT molecular complexity index is 60.0. The molecule has 0 aliphatic carbocycles. The van der Waals surface area contributed by atoms with Crippen LogP contribution in [-0.2, 0) is 21.7 Å². The van der Waals surface area contributed by atoms with Crippen molar-refractivity contribution in [3.63, 3.8) is 0 Å². The van der Waals surface area contributed by atoms with Crippen LogP contribution in [0.5, 0.6) is 0 Å². The van der Waals surface area contributed by atoms with E-state index in [1.54, 1.807) is 0 Å². The molecule has 0 saturated carbocycles. The first-order valence-electron chi connectivity index (χ1n) is 1.62. The Hall–Kier alpha value is 1.54. The fourth-order valence-electron chi connectivity index (χ4n) is 0. The predicted molar refractivity (Wildman–Crippen MR) is 29.8 cm³/mol. The van der Waals surface area contributed by atoms with Crippen LogP contribution in [0, 0.1) is 0 Å². The van der Waals surface area contributed by atoms with E-state index in [1.165, 1.54) is 6.92 Å². The molecule has 0 radical (unpaired) electrons. The second kappa shape index (κ2) is 4.37. The van der Waals surface area contributed by atoms with E-state index in [9.17, 15) is 5.11 Å². The quantitative estimate of drug-likeness (QED) is 0.469. The van der Waals surface area contributed by atoms with Gasteiger partial charge in [-0.2, -0.15) is 0 Å². The Kier molecular flexibility index (Phi) is 6.69. The van der Waals surface area contributed by atoms with Gasteiger partial charge in [0.15, 0.2) is 0 Å². The summed E-state index contributed by atoms with van der Waals surface area (Å²) in [5.74, 6) is 0. The first kappa shape index (κ1) is 12.2. The zero-order valence-electron chi connectivity index (χ0n) is 4.12. The van der Waals surface area contributed by atoms with E-state index >= 15 is 0 Å². The van der Waals surface area contributed by atoms with Gasteiger partial charge in [-0.3, -0.25) is 0 Å². The van der Waals surface area contributed by atoms with Crippen molar-refractivity contribution < 1.29 is 26.8 Å². The van der Waals surface area contributed by atoms with Crippen LogP contribution in [-0.4, -0.2) is 9.90 Å². The average molecular weight is 210 g/mol. The maximum Gasteiger partial charge on any atom is 0.116 e. The molecular weight excluding hydrogens is 206 g/mol. The van der Waals surface area contributed by atoms with Crippen LogP contribution in [0.15, 0.2) is 0 Å². The normalized spacial score (nSPS) is 14.6. The van der Waals surface area contributed by atoms with Crippen LogP contribution in [0.3, 0.4) is 0 Å². The molecule has 0 N–H and O–H groups in total. The van der Waals surface area contributed by atoms with Gasteiger partial charge < -0.3 is 5.11 Å². The van der Waals surface area contributed by atoms with E-state index in [2.05, 4.69) is 0 Å². The summed E-state index contributed by atoms with van der Waals surface area (Å²) in [5, 5.41) is 10.1. The van der Waals surface area contributed by atoms with Crippen LogP contribution in [0.2, 0.25) is 0 Å². The Morgan fingerprint density at radius 3 is 1.62 bits per heavy atom. The summed E-state index contributed by atoms with van der Waals surface area (Å²) in [6, 6.07) is 0. The maximum absolute atomic E-state index is 10.1. The monoisotopic (exact) mass is 209 g/mol. The molecule has 0 aromatic carbocycles. The topological polar surface area (TPSA) is 23.1 Å². The van der Waals surface area contributed by atoms with E-state index < -0.39 is 9.90 Å². The van der Waals surface area contributed by atoms with Gasteiger partial charge in [-0.05, 0) is 12.5 Å². The zero-order valence-corrected chi connectivity index (χ0v) is 7.95. The zero-order chi connectivity index (χ0) is 6.08. The van der Waals surface area contributed by atoms with Crippen molar-refractivity contribution >= 4 is 34.8 Å². The third-order valence-electron chi connectivity index (χ3n) is 0.399. The Morgan fingerprint density at radius 1 is 1.50 bits per heavy atom. The minimum atomic E-state index is -1.45. The van der Waals surface area contributed by atoms with Crippen molar-refractivity contribution in [2.45, 2.75) is 16.8 Å². The molecule has 0 fully saturated rings. The van der Waals surface area contributed by atoms with Gasteiger partial charge in [-0.25, -0.2) is 0 Å². The Morgan fingerprint density at radius 2 is 1.62 bits per heavy atom. The first-order valence-corrected chi connectivity index (χ1v) is 2.81. The number of hydrogen-bond acceptors (Lipinski definition) is 1. The van der Waals surface area contributed by atoms with Crippen LogP contribution in [0.1, 0.15) is 6.92 Å². The molecule has 0 amide bonds. The molecule has 0 aromatic rings. The number of halogens is 3. The second-order valence-corrected chi connectivity index (χ2v) is 3.43. The molecule has 1 unspecified atom stereocenters. The van der Waals surface area contributed by atoms with Crippen LogP contribution >= 0.6 is 34.8 Å². The third kappa shape index (κ3) is 5.68. The van der Waals surface area contributed by atoms with E-state index in [1.807, 2.05) is 0 Å². The van der Waals surface area contributed by atoms with E-state index in [0.29, 0.717) is 0 Å². The molecule has 0 bridgehead atoms. The summed E-state index contributed by atoms with van der Waals surface area (Å²) >= 11 is 15.3. The molecule has 0 rings (SSSR count). The van der Waals surface area contributed by atoms with Crippen LogP contribution in [0.4, 0.5) is 0 Å². The maximum atomic E-state index is 10.1. The molecule has 8 heavy (non-hydrogen) atoms. The molecule has 0 saturated heterocycles. The minimum Gasteiger partial charge on any atom is -0.838 e. The van der Waals surface area contributed by atoms with Gasteiger partial charge in [-0.15, -0.1) is 34.8 Å². The molecule has 0 aliphatic heterocycles. The number of alkyl halides is 3. The smallest absolute Gasteiger partial charge is 0.116 e. The molecule has 48 valence electrons. The van der Waals surface area contributed by atoms with Gasteiger partial charge in [0.05, 0.1) is 0 Å². The fraction of sp³-hybridized carbons (Fsp3) is 1.00. The van der Waals surface area contributed by atoms with Gasteiger partial charge in [-0.1, -0.05) is 0 Å². The van der Waals surface area contributed by atoms with Crippen LogP contribution < -0.4 is 5.11 Å². The standard InChI is InChI=1S/C3H4Cl3O.Ti/c1-3(5,6)2(4)7;/h2H,1H3;/q-1;. The molecule has 1 atom stereocenters. The second-order valence-electron chi connectivity index (χ2n) is 1.27. The first-order chi connectivity index (χ1) is 2.94. The van der Waals surface area contributed by atoms with Crippen LogP contribution in [0.25, 0.3) is 0 Å². The van der Waals surface area contributed by atoms with E-state index in [-0.39, 0.29) is 21.7 Å². The third-order valence-corrected chi connectivity index (χ3v) is 1.45. The summed E-state index contributed by atoms with van der Waals surface area (Å²) in [4.78, 5) is 0. The molecular formula is C3H4Cl3OTi-. The van der Waals surface area contributed by atoms with Crippen molar-refractivity contribution in [3.8, 4) is 0 Å². The Labute approximate surface area is 78.2 Å². The SMILES string of the molecule is CC(Cl)(Cl)C([O-])Cl.[Ti]. The van der Waals surface area contributed by atoms with Crippen molar-refractivity contribution in [2.75, 3.05) is 0 Å². The van der Waals surface area contributed by atoms with Crippen molar-refractivity contribution in [1.29, 1.82) is 0 Å². The largest absolute Gasteiger partial charge is 0.838 e. The van der Waals surface area contributed by atoms with Crippen molar-refractivity contribution in [1.82, 2.24) is 0 Å². The molecule has 1 nitrogen and oxygen atoms in total. The van der Waals surface area contributed by atoms with Gasteiger partial charge in [0.25, 0.3) is 0 Å². The Balaban J connectivity index is 0. The summed E-state index contributed by atoms with van der Waals surface area (Å²) in [7, 11) is 0. The molecule has 0 spiro atoms. The summed E-state index contributed by atoms with van der Waals surface area (Å²) < 4.78 is -1.35. The summed E-state index contributed by atoms with van der Waals surface area (Å²) in [6.45, 7) is 1.35. The van der Waals surface area contributed by atoms with E-state index in [0.717, 1.165) is 0 Å². The van der Waals surface area contributed by atoms with Gasteiger partial charge in [0.1, 0.15) is 4.33 Å². The summed E-state index contributed by atoms with van der Waals surface area (Å²) in [6.07, 6.45) is 0. The molecule has 0 aromatic heterocycles. The number of hydrogen-bond donors (Lipinski definition) is 0. The van der Waals surface area contributed by atoms with E-state index in [4.69, 9.17) is 34.8 Å². The van der Waals surface area contributed by atoms with Crippen molar-refractivity contribution in [3.05, 3.63) is 0 Å². The predicted octanol–water partition coefficient (Wildman–Crippen LogP) is 1.10. The molecule has 0 heterocycles. The summed E-state index contributed by atoms with van der Waals surface area (Å²) in [5.41, 5.74) is -1.45. The van der Waals surface area contributed by atoms with Gasteiger partial charge in [0.2, 0.25) is 0 Å². The number of rotatable bonds is 1. The average Bonchev–Trinajstić information content (AvgIpc) is 1.31. The van der Waals surface area contributed by atoms with Crippen molar-refractivity contribution in [2.24, 2.45) is 0 Å². The van der Waals surface area contributed by atoms with Gasteiger partial charge in [0, 0.05) is 21.7 Å². The molecule has 5 heteroatoms. The molecule has 0 aliphatic rings.